The van der Waals surface area contributed by atoms with Gasteiger partial charge in [-0.25, -0.2) is 0 Å². The molecule has 2 aromatic heterocycles. The molecule has 0 aliphatic carbocycles. The second-order valence-electron chi connectivity index (χ2n) is 5.16. The Morgan fingerprint density at radius 2 is 2.16 bits per heavy atom. The molecule has 5 nitrogen and oxygen atoms in total. The lowest BCUT2D eigenvalue weighted by atomic mass is 10.3. The second kappa shape index (κ2) is 5.91. The van der Waals surface area contributed by atoms with E-state index in [-0.39, 0.29) is 0 Å². The smallest absolute Gasteiger partial charge is 0.0729 e. The summed E-state index contributed by atoms with van der Waals surface area (Å²) in [5.74, 6) is 0. The lowest BCUT2D eigenvalue weighted by Gasteiger charge is -2.07. The molecule has 2 heterocycles. The Morgan fingerprint density at radius 1 is 1.37 bits per heavy atom. The molecule has 0 unspecified atom stereocenters. The average Bonchev–Trinajstić information content (AvgIpc) is 2.94. The van der Waals surface area contributed by atoms with Gasteiger partial charge in [0.15, 0.2) is 0 Å². The minimum Gasteiger partial charge on any atom is -0.377 e. The Morgan fingerprint density at radius 3 is 2.79 bits per heavy atom. The van der Waals surface area contributed by atoms with Crippen LogP contribution < -0.4 is 5.32 Å². The first-order chi connectivity index (χ1) is 9.10. The van der Waals surface area contributed by atoms with Crippen LogP contribution in [0.25, 0.3) is 0 Å². The van der Waals surface area contributed by atoms with Crippen LogP contribution in [0.1, 0.15) is 44.6 Å². The van der Waals surface area contributed by atoms with Crippen molar-refractivity contribution in [2.45, 2.75) is 53.2 Å². The molecule has 0 saturated heterocycles. The number of aryl methyl sites for hydroxylation is 2. The van der Waals surface area contributed by atoms with E-state index in [1.54, 1.807) is 0 Å². The Hall–Kier alpha value is -1.78. The quantitative estimate of drug-likeness (QED) is 0.869. The average molecular weight is 261 g/mol. The van der Waals surface area contributed by atoms with Crippen molar-refractivity contribution in [2.75, 3.05) is 5.32 Å². The van der Waals surface area contributed by atoms with Crippen molar-refractivity contribution < 1.29 is 0 Å². The van der Waals surface area contributed by atoms with Crippen LogP contribution in [0.3, 0.4) is 0 Å². The summed E-state index contributed by atoms with van der Waals surface area (Å²) in [6.07, 6.45) is 5.00. The number of aromatic nitrogens is 4. The molecule has 0 fully saturated rings. The van der Waals surface area contributed by atoms with E-state index >= 15 is 0 Å². The van der Waals surface area contributed by atoms with Gasteiger partial charge in [0.05, 0.1) is 29.8 Å². The first kappa shape index (κ1) is 13.6. The molecule has 0 saturated carbocycles. The summed E-state index contributed by atoms with van der Waals surface area (Å²) in [5, 5.41) is 12.2. The van der Waals surface area contributed by atoms with E-state index in [1.807, 2.05) is 24.0 Å². The van der Waals surface area contributed by atoms with Gasteiger partial charge in [0, 0.05) is 18.8 Å². The summed E-state index contributed by atoms with van der Waals surface area (Å²) in [5.41, 5.74) is 3.34. The number of hydrogen-bond donors (Lipinski definition) is 1. The minimum atomic E-state index is 0.392. The molecule has 1 N–H and O–H groups in total. The zero-order chi connectivity index (χ0) is 13.8. The van der Waals surface area contributed by atoms with Gasteiger partial charge in [-0.3, -0.25) is 9.36 Å². The zero-order valence-corrected chi connectivity index (χ0v) is 12.2. The molecular weight excluding hydrogens is 238 g/mol. The SMILES string of the molecule is CCCn1nc(C)cc1CNc1cnn(C(C)C)c1. The Labute approximate surface area is 114 Å². The molecule has 0 atom stereocenters. The van der Waals surface area contributed by atoms with E-state index in [9.17, 15) is 0 Å². The first-order valence-corrected chi connectivity index (χ1v) is 6.91. The van der Waals surface area contributed by atoms with Gasteiger partial charge in [-0.1, -0.05) is 6.92 Å². The van der Waals surface area contributed by atoms with Gasteiger partial charge in [-0.05, 0) is 33.3 Å². The Bertz CT molecular complexity index is 524. The van der Waals surface area contributed by atoms with Crippen molar-refractivity contribution in [1.82, 2.24) is 19.6 Å². The van der Waals surface area contributed by atoms with Crippen molar-refractivity contribution in [3.8, 4) is 0 Å². The lowest BCUT2D eigenvalue weighted by Crippen LogP contribution is -2.08. The van der Waals surface area contributed by atoms with Gasteiger partial charge < -0.3 is 5.32 Å². The Balaban J connectivity index is 2.01. The summed E-state index contributed by atoms with van der Waals surface area (Å²) in [6, 6.07) is 2.53. The first-order valence-electron chi connectivity index (χ1n) is 6.91. The third-order valence-electron chi connectivity index (χ3n) is 3.03. The Kier molecular flexibility index (Phi) is 4.24. The molecule has 2 aromatic rings. The molecule has 0 amide bonds. The molecule has 0 aliphatic heterocycles. The summed E-state index contributed by atoms with van der Waals surface area (Å²) in [6.45, 7) is 10.2. The molecular formula is C14H23N5. The third-order valence-corrected chi connectivity index (χ3v) is 3.03. The maximum atomic E-state index is 4.50. The molecule has 0 aliphatic rings. The molecule has 5 heteroatoms. The maximum Gasteiger partial charge on any atom is 0.0729 e. The zero-order valence-electron chi connectivity index (χ0n) is 12.2. The largest absolute Gasteiger partial charge is 0.377 e. The predicted molar refractivity (Wildman–Crippen MR) is 77.2 cm³/mol. The number of hydrogen-bond acceptors (Lipinski definition) is 3. The van der Waals surface area contributed by atoms with E-state index in [0.29, 0.717) is 6.04 Å². The van der Waals surface area contributed by atoms with Crippen LogP contribution in [0.4, 0.5) is 5.69 Å². The third kappa shape index (κ3) is 3.36. The van der Waals surface area contributed by atoms with Gasteiger partial charge in [-0.15, -0.1) is 0 Å². The fraction of sp³-hybridized carbons (Fsp3) is 0.571. The molecule has 2 rings (SSSR count). The number of nitrogens with zero attached hydrogens (tertiary/aromatic N) is 4. The van der Waals surface area contributed by atoms with Crippen LogP contribution in [0.2, 0.25) is 0 Å². The summed E-state index contributed by atoms with van der Waals surface area (Å²) in [7, 11) is 0. The van der Waals surface area contributed by atoms with Gasteiger partial charge in [-0.2, -0.15) is 10.2 Å². The van der Waals surface area contributed by atoms with Crippen molar-refractivity contribution in [3.63, 3.8) is 0 Å². The normalized spacial score (nSPS) is 11.2. The topological polar surface area (TPSA) is 47.7 Å². The van der Waals surface area contributed by atoms with Crippen LogP contribution in [0, 0.1) is 6.92 Å². The lowest BCUT2D eigenvalue weighted by molar-refractivity contribution is 0.532. The summed E-state index contributed by atoms with van der Waals surface area (Å²) in [4.78, 5) is 0. The van der Waals surface area contributed by atoms with E-state index in [2.05, 4.69) is 47.0 Å². The second-order valence-corrected chi connectivity index (χ2v) is 5.16. The highest BCUT2D eigenvalue weighted by Crippen LogP contribution is 2.12. The maximum absolute atomic E-state index is 4.50. The highest BCUT2D eigenvalue weighted by molar-refractivity contribution is 5.38. The van der Waals surface area contributed by atoms with Crippen LogP contribution in [0.5, 0.6) is 0 Å². The number of rotatable bonds is 6. The van der Waals surface area contributed by atoms with Crippen molar-refractivity contribution in [1.29, 1.82) is 0 Å². The van der Waals surface area contributed by atoms with Crippen LogP contribution in [-0.4, -0.2) is 19.6 Å². The van der Waals surface area contributed by atoms with E-state index in [1.165, 1.54) is 5.69 Å². The predicted octanol–water partition coefficient (Wildman–Crippen LogP) is 2.99. The van der Waals surface area contributed by atoms with Gasteiger partial charge in [0.25, 0.3) is 0 Å². The molecule has 0 radical (unpaired) electrons. The standard InChI is InChI=1S/C14H23N5/c1-5-6-18-14(7-12(4)17-18)9-15-13-8-16-19(10-13)11(2)3/h7-8,10-11,15H,5-6,9H2,1-4H3. The molecule has 19 heavy (non-hydrogen) atoms. The van der Waals surface area contributed by atoms with Gasteiger partial charge in [0.1, 0.15) is 0 Å². The van der Waals surface area contributed by atoms with Crippen LogP contribution in [0.15, 0.2) is 18.5 Å². The van der Waals surface area contributed by atoms with Crippen LogP contribution >= 0.6 is 0 Å². The van der Waals surface area contributed by atoms with E-state index in [0.717, 1.165) is 30.9 Å². The van der Waals surface area contributed by atoms with E-state index < -0.39 is 0 Å². The van der Waals surface area contributed by atoms with Gasteiger partial charge in [0.2, 0.25) is 0 Å². The van der Waals surface area contributed by atoms with Crippen molar-refractivity contribution in [3.05, 3.63) is 29.8 Å². The summed E-state index contributed by atoms with van der Waals surface area (Å²) < 4.78 is 4.03. The fourth-order valence-electron chi connectivity index (χ4n) is 2.05. The summed E-state index contributed by atoms with van der Waals surface area (Å²) >= 11 is 0. The molecule has 104 valence electrons. The van der Waals surface area contributed by atoms with Crippen molar-refractivity contribution in [2.24, 2.45) is 0 Å². The number of anilines is 1. The van der Waals surface area contributed by atoms with Crippen LogP contribution in [-0.2, 0) is 13.1 Å². The van der Waals surface area contributed by atoms with Gasteiger partial charge >= 0.3 is 0 Å². The molecule has 0 spiro atoms. The minimum absolute atomic E-state index is 0.392. The number of nitrogens with one attached hydrogen (secondary N) is 1. The van der Waals surface area contributed by atoms with Crippen molar-refractivity contribution >= 4 is 5.69 Å². The molecule has 0 bridgehead atoms. The highest BCUT2D eigenvalue weighted by atomic mass is 15.3. The monoisotopic (exact) mass is 261 g/mol. The fourth-order valence-corrected chi connectivity index (χ4v) is 2.05. The van der Waals surface area contributed by atoms with E-state index in [4.69, 9.17) is 0 Å². The molecule has 0 aromatic carbocycles. The highest BCUT2D eigenvalue weighted by Gasteiger charge is 2.06.